The van der Waals surface area contributed by atoms with Gasteiger partial charge in [-0.05, 0) is 19.1 Å². The van der Waals surface area contributed by atoms with Gasteiger partial charge < -0.3 is 4.90 Å². The van der Waals surface area contributed by atoms with Crippen LogP contribution in [0.25, 0.3) is 0 Å². The number of nitrogens with one attached hydrogen (secondary N) is 1. The average Bonchev–Trinajstić information content (AvgIpc) is 2.65. The second-order valence-corrected chi connectivity index (χ2v) is 4.22. The Morgan fingerprint density at radius 3 is 3.00 bits per heavy atom. The van der Waals surface area contributed by atoms with Crippen LogP contribution in [0.5, 0.6) is 0 Å². The molecule has 1 fully saturated rings. The highest BCUT2D eigenvalue weighted by Gasteiger charge is 2.21. The number of rotatable bonds is 2. The Hall–Kier alpha value is -0.420. The molecule has 0 aromatic carbocycles. The molecule has 1 aliphatic heterocycles. The molecule has 76 valence electrons. The smallest absolute Gasteiger partial charge is 0.208 e. The number of guanidine groups is 1. The monoisotopic (exact) mass is 202 g/mol. The van der Waals surface area contributed by atoms with E-state index in [4.69, 9.17) is 5.84 Å². The third-order valence-electron chi connectivity index (χ3n) is 2.22. The number of nitrogens with two attached hydrogens (primary N) is 1. The summed E-state index contributed by atoms with van der Waals surface area (Å²) in [5.41, 5.74) is 2.65. The summed E-state index contributed by atoms with van der Waals surface area (Å²) in [5.74, 6) is 8.63. The van der Waals surface area contributed by atoms with Crippen molar-refractivity contribution in [2.45, 2.75) is 19.4 Å². The lowest BCUT2D eigenvalue weighted by Gasteiger charge is -2.26. The maximum Gasteiger partial charge on any atom is 0.208 e. The number of hydrogen-bond donors (Lipinski definition) is 2. The second kappa shape index (κ2) is 5.34. The lowest BCUT2D eigenvalue weighted by Crippen LogP contribution is -2.47. The van der Waals surface area contributed by atoms with Crippen LogP contribution < -0.4 is 11.3 Å². The van der Waals surface area contributed by atoms with Gasteiger partial charge in [-0.3, -0.25) is 10.4 Å². The van der Waals surface area contributed by atoms with Gasteiger partial charge in [0.25, 0.3) is 0 Å². The van der Waals surface area contributed by atoms with E-state index < -0.39 is 0 Å². The molecule has 1 heterocycles. The number of hydrazine groups is 1. The summed E-state index contributed by atoms with van der Waals surface area (Å²) in [5, 5.41) is 0. The highest BCUT2D eigenvalue weighted by atomic mass is 32.2. The zero-order chi connectivity index (χ0) is 9.68. The molecule has 1 atom stereocenters. The van der Waals surface area contributed by atoms with E-state index in [1.807, 2.05) is 25.7 Å². The Balaban J connectivity index is 2.52. The maximum atomic E-state index is 5.40. The van der Waals surface area contributed by atoms with Crippen LogP contribution in [0.15, 0.2) is 4.99 Å². The zero-order valence-corrected chi connectivity index (χ0v) is 9.10. The fourth-order valence-corrected chi connectivity index (χ4v) is 2.68. The SMILES string of the molecule is CCN=C(NN)N(C)C1CCSC1. The van der Waals surface area contributed by atoms with Crippen molar-refractivity contribution in [1.29, 1.82) is 0 Å². The molecule has 1 unspecified atom stereocenters. The van der Waals surface area contributed by atoms with Crippen molar-refractivity contribution in [2.24, 2.45) is 10.8 Å². The number of aliphatic imine (C=N–C) groups is 1. The van der Waals surface area contributed by atoms with E-state index in [2.05, 4.69) is 15.3 Å². The predicted molar refractivity (Wildman–Crippen MR) is 58.8 cm³/mol. The Morgan fingerprint density at radius 1 is 1.77 bits per heavy atom. The normalized spacial score (nSPS) is 23.3. The van der Waals surface area contributed by atoms with E-state index in [0.29, 0.717) is 6.04 Å². The van der Waals surface area contributed by atoms with Crippen LogP contribution in [-0.2, 0) is 0 Å². The van der Waals surface area contributed by atoms with Gasteiger partial charge in [0.05, 0.1) is 0 Å². The molecule has 0 amide bonds. The molecule has 0 aromatic heterocycles. The van der Waals surface area contributed by atoms with Crippen molar-refractivity contribution in [3.05, 3.63) is 0 Å². The summed E-state index contributed by atoms with van der Waals surface area (Å²) >= 11 is 1.99. The summed E-state index contributed by atoms with van der Waals surface area (Å²) in [6, 6.07) is 0.589. The average molecular weight is 202 g/mol. The predicted octanol–water partition coefficient (Wildman–Crippen LogP) is 0.263. The van der Waals surface area contributed by atoms with Gasteiger partial charge >= 0.3 is 0 Å². The maximum absolute atomic E-state index is 5.40. The lowest BCUT2D eigenvalue weighted by atomic mass is 10.2. The first-order valence-corrected chi connectivity index (χ1v) is 5.76. The number of nitrogens with zero attached hydrogens (tertiary/aromatic N) is 2. The molecular formula is C8H18N4S. The fraction of sp³-hybridized carbons (Fsp3) is 0.875. The van der Waals surface area contributed by atoms with E-state index in [1.165, 1.54) is 17.9 Å². The zero-order valence-electron chi connectivity index (χ0n) is 8.29. The van der Waals surface area contributed by atoms with Crippen LogP contribution >= 0.6 is 11.8 Å². The fourth-order valence-electron chi connectivity index (χ4n) is 1.41. The summed E-state index contributed by atoms with van der Waals surface area (Å²) in [7, 11) is 2.05. The van der Waals surface area contributed by atoms with Crippen molar-refractivity contribution >= 4 is 17.7 Å². The molecular weight excluding hydrogens is 184 g/mol. The molecule has 0 spiro atoms. The molecule has 0 saturated carbocycles. The van der Waals surface area contributed by atoms with Gasteiger partial charge in [-0.25, -0.2) is 5.84 Å². The first-order chi connectivity index (χ1) is 6.29. The third-order valence-corrected chi connectivity index (χ3v) is 3.37. The minimum atomic E-state index is 0.589. The van der Waals surface area contributed by atoms with Crippen molar-refractivity contribution < 1.29 is 0 Å². The molecule has 3 N–H and O–H groups in total. The van der Waals surface area contributed by atoms with Gasteiger partial charge in [0.15, 0.2) is 0 Å². The van der Waals surface area contributed by atoms with Gasteiger partial charge in [-0.1, -0.05) is 0 Å². The molecule has 1 aliphatic rings. The van der Waals surface area contributed by atoms with Crippen LogP contribution in [-0.4, -0.2) is 42.0 Å². The van der Waals surface area contributed by atoms with E-state index in [0.717, 1.165) is 12.5 Å². The van der Waals surface area contributed by atoms with Gasteiger partial charge in [-0.15, -0.1) is 0 Å². The Labute approximate surface area is 83.9 Å². The number of hydrogen-bond acceptors (Lipinski definition) is 3. The first-order valence-electron chi connectivity index (χ1n) is 4.61. The van der Waals surface area contributed by atoms with E-state index in [1.54, 1.807) is 0 Å². The van der Waals surface area contributed by atoms with Gasteiger partial charge in [0, 0.05) is 25.4 Å². The van der Waals surface area contributed by atoms with Gasteiger partial charge in [-0.2, -0.15) is 11.8 Å². The quantitative estimate of drug-likeness (QED) is 0.292. The van der Waals surface area contributed by atoms with E-state index >= 15 is 0 Å². The van der Waals surface area contributed by atoms with Crippen molar-refractivity contribution in [3.63, 3.8) is 0 Å². The summed E-state index contributed by atoms with van der Waals surface area (Å²) in [6.07, 6.45) is 1.23. The van der Waals surface area contributed by atoms with E-state index in [-0.39, 0.29) is 0 Å². The summed E-state index contributed by atoms with van der Waals surface area (Å²) in [6.45, 7) is 2.78. The van der Waals surface area contributed by atoms with Crippen LogP contribution in [0.1, 0.15) is 13.3 Å². The van der Waals surface area contributed by atoms with Crippen LogP contribution in [0.4, 0.5) is 0 Å². The van der Waals surface area contributed by atoms with Crippen molar-refractivity contribution in [3.8, 4) is 0 Å². The Bertz CT molecular complexity index is 177. The first kappa shape index (κ1) is 10.7. The van der Waals surface area contributed by atoms with Crippen molar-refractivity contribution in [1.82, 2.24) is 10.3 Å². The van der Waals surface area contributed by atoms with Crippen LogP contribution in [0.3, 0.4) is 0 Å². The number of thioether (sulfide) groups is 1. The molecule has 1 saturated heterocycles. The highest BCUT2D eigenvalue weighted by molar-refractivity contribution is 7.99. The lowest BCUT2D eigenvalue weighted by molar-refractivity contribution is 0.383. The topological polar surface area (TPSA) is 53.6 Å². The minimum absolute atomic E-state index is 0.589. The highest BCUT2D eigenvalue weighted by Crippen LogP contribution is 2.21. The van der Waals surface area contributed by atoms with Gasteiger partial charge in [0.1, 0.15) is 0 Å². The third kappa shape index (κ3) is 2.77. The summed E-state index contributed by atoms with van der Waals surface area (Å²) in [4.78, 5) is 6.43. The van der Waals surface area contributed by atoms with Crippen LogP contribution in [0.2, 0.25) is 0 Å². The molecule has 13 heavy (non-hydrogen) atoms. The molecule has 0 aliphatic carbocycles. The van der Waals surface area contributed by atoms with Crippen molar-refractivity contribution in [2.75, 3.05) is 25.1 Å². The Kier molecular flexibility index (Phi) is 4.38. The molecule has 5 heteroatoms. The van der Waals surface area contributed by atoms with Crippen LogP contribution in [0, 0.1) is 0 Å². The molecule has 0 bridgehead atoms. The largest absolute Gasteiger partial charge is 0.341 e. The van der Waals surface area contributed by atoms with E-state index in [9.17, 15) is 0 Å². The molecule has 0 aromatic rings. The molecule has 1 rings (SSSR count). The molecule has 0 radical (unpaired) electrons. The second-order valence-electron chi connectivity index (χ2n) is 3.07. The Morgan fingerprint density at radius 2 is 2.54 bits per heavy atom. The minimum Gasteiger partial charge on any atom is -0.341 e. The summed E-state index contributed by atoms with van der Waals surface area (Å²) < 4.78 is 0. The standard InChI is InChI=1S/C8H18N4S/c1-3-10-8(11-9)12(2)7-4-5-13-6-7/h7H,3-6,9H2,1-2H3,(H,10,11). The van der Waals surface area contributed by atoms with Gasteiger partial charge in [0.2, 0.25) is 5.96 Å². The molecule has 4 nitrogen and oxygen atoms in total.